The van der Waals surface area contributed by atoms with Crippen LogP contribution in [0.4, 0.5) is 0 Å². The Morgan fingerprint density at radius 2 is 2.28 bits per heavy atom. The Kier molecular flexibility index (Phi) is 4.66. The standard InChI is InChI=1S/C13H17N3OS/c1-3-14-8-11-7-10(2)15-13(16-11)17-9-12-5-4-6-18-12/h4-7,14H,3,8-9H2,1-2H3. The number of hydrogen-bond acceptors (Lipinski definition) is 5. The molecule has 18 heavy (non-hydrogen) atoms. The Labute approximate surface area is 111 Å². The van der Waals surface area contributed by atoms with Crippen molar-refractivity contribution in [2.24, 2.45) is 0 Å². The molecule has 0 fully saturated rings. The van der Waals surface area contributed by atoms with Crippen LogP contribution in [0.15, 0.2) is 23.6 Å². The minimum Gasteiger partial charge on any atom is -0.458 e. The van der Waals surface area contributed by atoms with E-state index in [9.17, 15) is 0 Å². The van der Waals surface area contributed by atoms with E-state index in [2.05, 4.69) is 22.2 Å². The molecule has 0 radical (unpaired) electrons. The molecular weight excluding hydrogens is 246 g/mol. The van der Waals surface area contributed by atoms with E-state index in [0.29, 0.717) is 12.6 Å². The van der Waals surface area contributed by atoms with Crippen molar-refractivity contribution in [3.8, 4) is 6.01 Å². The number of nitrogens with zero attached hydrogens (tertiary/aromatic N) is 2. The fourth-order valence-electron chi connectivity index (χ4n) is 1.54. The van der Waals surface area contributed by atoms with Gasteiger partial charge in [0.1, 0.15) is 6.61 Å². The maximum absolute atomic E-state index is 5.61. The summed E-state index contributed by atoms with van der Waals surface area (Å²) in [5, 5.41) is 5.28. The predicted molar refractivity (Wildman–Crippen MR) is 72.8 cm³/mol. The van der Waals surface area contributed by atoms with Crippen LogP contribution < -0.4 is 10.1 Å². The molecule has 0 aliphatic rings. The lowest BCUT2D eigenvalue weighted by atomic mass is 10.3. The fraction of sp³-hybridized carbons (Fsp3) is 0.385. The molecule has 96 valence electrons. The van der Waals surface area contributed by atoms with E-state index in [1.807, 2.05) is 30.5 Å². The van der Waals surface area contributed by atoms with E-state index in [1.54, 1.807) is 11.3 Å². The van der Waals surface area contributed by atoms with E-state index in [-0.39, 0.29) is 0 Å². The number of aryl methyl sites for hydroxylation is 1. The number of nitrogens with one attached hydrogen (secondary N) is 1. The van der Waals surface area contributed by atoms with Gasteiger partial charge in [0.15, 0.2) is 0 Å². The van der Waals surface area contributed by atoms with Gasteiger partial charge in [-0.3, -0.25) is 0 Å². The SMILES string of the molecule is CCNCc1cc(C)nc(OCc2cccs2)n1. The molecule has 2 heterocycles. The van der Waals surface area contributed by atoms with Crippen molar-refractivity contribution in [3.05, 3.63) is 39.8 Å². The van der Waals surface area contributed by atoms with Gasteiger partial charge in [-0.15, -0.1) is 11.3 Å². The molecular formula is C13H17N3OS. The van der Waals surface area contributed by atoms with Crippen LogP contribution in [0.1, 0.15) is 23.2 Å². The van der Waals surface area contributed by atoms with Gasteiger partial charge in [0.2, 0.25) is 0 Å². The van der Waals surface area contributed by atoms with Crippen LogP contribution in [-0.4, -0.2) is 16.5 Å². The summed E-state index contributed by atoms with van der Waals surface area (Å²) in [6, 6.07) is 6.48. The first-order valence-corrected chi connectivity index (χ1v) is 6.86. The van der Waals surface area contributed by atoms with Gasteiger partial charge in [0, 0.05) is 17.1 Å². The average Bonchev–Trinajstić information content (AvgIpc) is 2.86. The van der Waals surface area contributed by atoms with Crippen LogP contribution in [0.5, 0.6) is 6.01 Å². The molecule has 2 aromatic heterocycles. The Hall–Kier alpha value is -1.46. The predicted octanol–water partition coefficient (Wildman–Crippen LogP) is 2.54. The molecule has 2 rings (SSSR count). The largest absolute Gasteiger partial charge is 0.458 e. The Bertz CT molecular complexity index is 485. The Morgan fingerprint density at radius 3 is 3.00 bits per heavy atom. The van der Waals surface area contributed by atoms with Crippen LogP contribution in [-0.2, 0) is 13.2 Å². The molecule has 5 heteroatoms. The molecule has 0 amide bonds. The summed E-state index contributed by atoms with van der Waals surface area (Å²) in [6.07, 6.45) is 0. The zero-order chi connectivity index (χ0) is 12.8. The first kappa shape index (κ1) is 13.0. The van der Waals surface area contributed by atoms with Gasteiger partial charge in [0.05, 0.1) is 5.69 Å². The maximum Gasteiger partial charge on any atom is 0.317 e. The van der Waals surface area contributed by atoms with Crippen LogP contribution >= 0.6 is 11.3 Å². The van der Waals surface area contributed by atoms with E-state index >= 15 is 0 Å². The topological polar surface area (TPSA) is 47.0 Å². The van der Waals surface area contributed by atoms with E-state index in [4.69, 9.17) is 4.74 Å². The molecule has 0 saturated heterocycles. The molecule has 0 saturated carbocycles. The zero-order valence-corrected chi connectivity index (χ0v) is 11.5. The highest BCUT2D eigenvalue weighted by molar-refractivity contribution is 7.09. The molecule has 0 aromatic carbocycles. The van der Waals surface area contributed by atoms with Gasteiger partial charge >= 0.3 is 6.01 Å². The van der Waals surface area contributed by atoms with Gasteiger partial charge in [-0.25, -0.2) is 4.98 Å². The monoisotopic (exact) mass is 263 g/mol. The number of thiophene rings is 1. The molecule has 1 N–H and O–H groups in total. The second-order valence-corrected chi connectivity index (χ2v) is 4.96. The molecule has 0 aliphatic heterocycles. The van der Waals surface area contributed by atoms with Crippen molar-refractivity contribution in [2.75, 3.05) is 6.54 Å². The van der Waals surface area contributed by atoms with Crippen molar-refractivity contribution < 1.29 is 4.74 Å². The first-order chi connectivity index (χ1) is 8.78. The number of ether oxygens (including phenoxy) is 1. The average molecular weight is 263 g/mol. The summed E-state index contributed by atoms with van der Waals surface area (Å²) in [6.45, 7) is 6.23. The third kappa shape index (κ3) is 3.78. The summed E-state index contributed by atoms with van der Waals surface area (Å²) in [7, 11) is 0. The summed E-state index contributed by atoms with van der Waals surface area (Å²) in [4.78, 5) is 9.84. The Morgan fingerprint density at radius 1 is 1.39 bits per heavy atom. The van der Waals surface area contributed by atoms with Crippen molar-refractivity contribution in [1.82, 2.24) is 15.3 Å². The van der Waals surface area contributed by atoms with Crippen molar-refractivity contribution in [1.29, 1.82) is 0 Å². The van der Waals surface area contributed by atoms with Gasteiger partial charge in [-0.1, -0.05) is 13.0 Å². The number of rotatable bonds is 6. The quantitative estimate of drug-likeness (QED) is 0.870. The van der Waals surface area contributed by atoms with Crippen molar-refractivity contribution >= 4 is 11.3 Å². The van der Waals surface area contributed by atoms with Crippen LogP contribution in [0.2, 0.25) is 0 Å². The summed E-state index contributed by atoms with van der Waals surface area (Å²) < 4.78 is 5.61. The molecule has 0 aliphatic carbocycles. The molecule has 2 aromatic rings. The smallest absolute Gasteiger partial charge is 0.317 e. The van der Waals surface area contributed by atoms with Crippen LogP contribution in [0.25, 0.3) is 0 Å². The van der Waals surface area contributed by atoms with Crippen molar-refractivity contribution in [3.63, 3.8) is 0 Å². The highest BCUT2D eigenvalue weighted by atomic mass is 32.1. The lowest BCUT2D eigenvalue weighted by molar-refractivity contribution is 0.282. The fourth-order valence-corrected chi connectivity index (χ4v) is 2.16. The summed E-state index contributed by atoms with van der Waals surface area (Å²) in [5.74, 6) is 0. The van der Waals surface area contributed by atoms with Gasteiger partial charge in [-0.05, 0) is 31.0 Å². The summed E-state index contributed by atoms with van der Waals surface area (Å²) >= 11 is 1.67. The highest BCUT2D eigenvalue weighted by Gasteiger charge is 2.04. The normalized spacial score (nSPS) is 10.6. The minimum absolute atomic E-state index is 0.455. The van der Waals surface area contributed by atoms with Crippen LogP contribution in [0, 0.1) is 6.92 Å². The molecule has 0 atom stereocenters. The molecule has 0 bridgehead atoms. The Balaban J connectivity index is 2.00. The lowest BCUT2D eigenvalue weighted by Gasteiger charge is -2.07. The summed E-state index contributed by atoms with van der Waals surface area (Å²) in [5.41, 5.74) is 1.89. The van der Waals surface area contributed by atoms with Gasteiger partial charge < -0.3 is 10.1 Å². The lowest BCUT2D eigenvalue weighted by Crippen LogP contribution is -2.14. The number of hydrogen-bond donors (Lipinski definition) is 1. The maximum atomic E-state index is 5.61. The van der Waals surface area contributed by atoms with E-state index in [1.165, 1.54) is 4.88 Å². The van der Waals surface area contributed by atoms with E-state index < -0.39 is 0 Å². The van der Waals surface area contributed by atoms with Gasteiger partial charge in [-0.2, -0.15) is 4.98 Å². The van der Waals surface area contributed by atoms with E-state index in [0.717, 1.165) is 24.5 Å². The highest BCUT2D eigenvalue weighted by Crippen LogP contribution is 2.13. The zero-order valence-electron chi connectivity index (χ0n) is 10.6. The molecule has 0 unspecified atom stereocenters. The van der Waals surface area contributed by atoms with Crippen molar-refractivity contribution in [2.45, 2.75) is 27.0 Å². The minimum atomic E-state index is 0.455. The second-order valence-electron chi connectivity index (χ2n) is 3.93. The third-order valence-electron chi connectivity index (χ3n) is 2.37. The second kappa shape index (κ2) is 6.47. The molecule has 0 spiro atoms. The van der Waals surface area contributed by atoms with Crippen LogP contribution in [0.3, 0.4) is 0 Å². The third-order valence-corrected chi connectivity index (χ3v) is 3.22. The van der Waals surface area contributed by atoms with Gasteiger partial charge in [0.25, 0.3) is 0 Å². The first-order valence-electron chi connectivity index (χ1n) is 5.98. The molecule has 4 nitrogen and oxygen atoms in total. The number of aromatic nitrogens is 2.